The van der Waals surface area contributed by atoms with Crippen LogP contribution >= 0.6 is 11.8 Å². The first-order chi connectivity index (χ1) is 9.19. The van der Waals surface area contributed by atoms with Crippen molar-refractivity contribution in [1.82, 2.24) is 4.98 Å². The molecule has 2 aromatic rings. The number of aromatic carboxylic acids is 1. The first-order valence-electron chi connectivity index (χ1n) is 6.09. The highest BCUT2D eigenvalue weighted by Gasteiger charge is 2.05. The van der Waals surface area contributed by atoms with Crippen LogP contribution in [-0.4, -0.2) is 16.1 Å². The largest absolute Gasteiger partial charge is 0.477 e. The molecule has 0 atom stereocenters. The van der Waals surface area contributed by atoms with Crippen molar-refractivity contribution in [1.29, 1.82) is 0 Å². The Bertz CT molecular complexity index is 567. The molecular weight excluding hydrogens is 258 g/mol. The summed E-state index contributed by atoms with van der Waals surface area (Å²) >= 11 is 1.62. The molecular formula is C15H15NO2S. The van der Waals surface area contributed by atoms with Crippen molar-refractivity contribution >= 4 is 17.7 Å². The van der Waals surface area contributed by atoms with E-state index >= 15 is 0 Å². The van der Waals surface area contributed by atoms with E-state index in [0.717, 1.165) is 17.1 Å². The van der Waals surface area contributed by atoms with Gasteiger partial charge in [0, 0.05) is 16.8 Å². The number of hydrogen-bond acceptors (Lipinski definition) is 3. The molecule has 0 aliphatic rings. The summed E-state index contributed by atoms with van der Waals surface area (Å²) in [6.45, 7) is 2.13. The summed E-state index contributed by atoms with van der Waals surface area (Å²) in [6, 6.07) is 11.9. The minimum atomic E-state index is -0.991. The van der Waals surface area contributed by atoms with Crippen molar-refractivity contribution in [3.63, 3.8) is 0 Å². The highest BCUT2D eigenvalue weighted by molar-refractivity contribution is 7.98. The van der Waals surface area contributed by atoms with Crippen molar-refractivity contribution in [3.05, 3.63) is 59.4 Å². The third-order valence-electron chi connectivity index (χ3n) is 2.79. The third-order valence-corrected chi connectivity index (χ3v) is 3.85. The molecule has 1 N–H and O–H groups in total. The van der Waals surface area contributed by atoms with Gasteiger partial charge in [-0.3, -0.25) is 0 Å². The van der Waals surface area contributed by atoms with Crippen LogP contribution in [0.2, 0.25) is 0 Å². The molecule has 3 nitrogen and oxygen atoms in total. The van der Waals surface area contributed by atoms with E-state index < -0.39 is 5.97 Å². The van der Waals surface area contributed by atoms with Crippen LogP contribution in [0.5, 0.6) is 0 Å². The van der Waals surface area contributed by atoms with Gasteiger partial charge >= 0.3 is 5.97 Å². The van der Waals surface area contributed by atoms with E-state index in [-0.39, 0.29) is 5.69 Å². The molecule has 0 saturated carbocycles. The minimum Gasteiger partial charge on any atom is -0.477 e. The number of nitrogens with zero attached hydrogens (tertiary/aromatic N) is 1. The average Bonchev–Trinajstić information content (AvgIpc) is 2.46. The van der Waals surface area contributed by atoms with Gasteiger partial charge < -0.3 is 5.11 Å². The summed E-state index contributed by atoms with van der Waals surface area (Å²) in [5.74, 6) is -0.165. The summed E-state index contributed by atoms with van der Waals surface area (Å²) in [4.78, 5) is 15.6. The van der Waals surface area contributed by atoms with Gasteiger partial charge in [0.05, 0.1) is 0 Å². The number of thioether (sulfide) groups is 1. The summed E-state index contributed by atoms with van der Waals surface area (Å²) in [6.07, 6.45) is 2.58. The molecule has 2 rings (SSSR count). The molecule has 0 amide bonds. The van der Waals surface area contributed by atoms with Crippen molar-refractivity contribution in [2.75, 3.05) is 0 Å². The Labute approximate surface area is 116 Å². The van der Waals surface area contributed by atoms with Crippen molar-refractivity contribution in [3.8, 4) is 0 Å². The Morgan fingerprint density at radius 2 is 1.89 bits per heavy atom. The van der Waals surface area contributed by atoms with Gasteiger partial charge in [-0.25, -0.2) is 9.78 Å². The number of pyridine rings is 1. The monoisotopic (exact) mass is 273 g/mol. The fourth-order valence-electron chi connectivity index (χ4n) is 1.66. The van der Waals surface area contributed by atoms with E-state index in [1.165, 1.54) is 17.3 Å². The maximum atomic E-state index is 10.8. The summed E-state index contributed by atoms with van der Waals surface area (Å²) in [5, 5.41) is 8.88. The van der Waals surface area contributed by atoms with E-state index in [0.29, 0.717) is 0 Å². The standard InChI is InChI=1S/C15H15NO2S/c1-2-11-3-5-12(6-4-11)10-19-13-7-8-16-14(9-13)15(17)18/h3-9H,2,10H2,1H3,(H,17,18). The molecule has 1 aromatic carbocycles. The number of aryl methyl sites for hydroxylation is 1. The van der Waals surface area contributed by atoms with Crippen LogP contribution in [0.15, 0.2) is 47.5 Å². The summed E-state index contributed by atoms with van der Waals surface area (Å²) in [5.41, 5.74) is 2.65. The van der Waals surface area contributed by atoms with Crippen molar-refractivity contribution in [2.24, 2.45) is 0 Å². The molecule has 19 heavy (non-hydrogen) atoms. The quantitative estimate of drug-likeness (QED) is 0.845. The first-order valence-corrected chi connectivity index (χ1v) is 7.07. The van der Waals surface area contributed by atoms with Gasteiger partial charge in [-0.2, -0.15) is 0 Å². The molecule has 4 heteroatoms. The van der Waals surface area contributed by atoms with Gasteiger partial charge in [0.1, 0.15) is 5.69 Å². The van der Waals surface area contributed by atoms with Crippen molar-refractivity contribution < 1.29 is 9.90 Å². The van der Waals surface area contributed by atoms with Gasteiger partial charge in [0.2, 0.25) is 0 Å². The summed E-state index contributed by atoms with van der Waals surface area (Å²) in [7, 11) is 0. The van der Waals surface area contributed by atoms with Crippen LogP contribution in [0.4, 0.5) is 0 Å². The Kier molecular flexibility index (Phi) is 4.58. The van der Waals surface area contributed by atoms with Gasteiger partial charge in [0.25, 0.3) is 0 Å². The number of hydrogen-bond donors (Lipinski definition) is 1. The van der Waals surface area contributed by atoms with Crippen LogP contribution in [-0.2, 0) is 12.2 Å². The SMILES string of the molecule is CCc1ccc(CSc2ccnc(C(=O)O)c2)cc1. The van der Waals surface area contributed by atoms with Crippen LogP contribution in [0, 0.1) is 0 Å². The number of aromatic nitrogens is 1. The maximum Gasteiger partial charge on any atom is 0.354 e. The van der Waals surface area contributed by atoms with Gasteiger partial charge in [0.15, 0.2) is 0 Å². The molecule has 0 aliphatic carbocycles. The first kappa shape index (κ1) is 13.6. The van der Waals surface area contributed by atoms with Crippen LogP contribution in [0.3, 0.4) is 0 Å². The highest BCUT2D eigenvalue weighted by atomic mass is 32.2. The average molecular weight is 273 g/mol. The molecule has 0 unspecified atom stereocenters. The molecule has 98 valence electrons. The lowest BCUT2D eigenvalue weighted by molar-refractivity contribution is 0.0690. The van der Waals surface area contributed by atoms with Crippen LogP contribution in [0.25, 0.3) is 0 Å². The molecule has 0 saturated heterocycles. The second kappa shape index (κ2) is 6.38. The Balaban J connectivity index is 2.01. The molecule has 0 fully saturated rings. The van der Waals surface area contributed by atoms with Gasteiger partial charge in [-0.15, -0.1) is 11.8 Å². The smallest absolute Gasteiger partial charge is 0.354 e. The Hall–Kier alpha value is -1.81. The molecule has 0 radical (unpaired) electrons. The zero-order chi connectivity index (χ0) is 13.7. The number of carboxylic acid groups (broad SMARTS) is 1. The number of rotatable bonds is 5. The predicted molar refractivity (Wildman–Crippen MR) is 76.6 cm³/mol. The van der Waals surface area contributed by atoms with E-state index in [9.17, 15) is 4.79 Å². The maximum absolute atomic E-state index is 10.8. The van der Waals surface area contributed by atoms with E-state index in [2.05, 4.69) is 36.2 Å². The fourth-order valence-corrected chi connectivity index (χ4v) is 2.53. The van der Waals surface area contributed by atoms with E-state index in [4.69, 9.17) is 5.11 Å². The molecule has 1 heterocycles. The third kappa shape index (κ3) is 3.83. The number of carboxylic acids is 1. The molecule has 0 bridgehead atoms. The lowest BCUT2D eigenvalue weighted by Crippen LogP contribution is -1.99. The number of benzene rings is 1. The minimum absolute atomic E-state index is 0.0892. The van der Waals surface area contributed by atoms with Crippen LogP contribution < -0.4 is 0 Å². The lowest BCUT2D eigenvalue weighted by atomic mass is 10.1. The van der Waals surface area contributed by atoms with E-state index in [1.54, 1.807) is 17.8 Å². The normalized spacial score (nSPS) is 10.4. The molecule has 1 aromatic heterocycles. The van der Waals surface area contributed by atoms with Crippen LogP contribution in [0.1, 0.15) is 28.5 Å². The molecule has 0 aliphatic heterocycles. The topological polar surface area (TPSA) is 50.2 Å². The zero-order valence-electron chi connectivity index (χ0n) is 10.7. The Morgan fingerprint density at radius 1 is 1.21 bits per heavy atom. The van der Waals surface area contributed by atoms with Gasteiger partial charge in [-0.1, -0.05) is 31.2 Å². The second-order valence-corrected chi connectivity index (χ2v) is 5.19. The van der Waals surface area contributed by atoms with E-state index in [1.807, 2.05) is 6.07 Å². The second-order valence-electron chi connectivity index (χ2n) is 4.14. The molecule has 0 spiro atoms. The number of carbonyl (C=O) groups is 1. The summed E-state index contributed by atoms with van der Waals surface area (Å²) < 4.78 is 0. The lowest BCUT2D eigenvalue weighted by Gasteiger charge is -2.04. The van der Waals surface area contributed by atoms with Gasteiger partial charge in [-0.05, 0) is 29.7 Å². The van der Waals surface area contributed by atoms with Crippen molar-refractivity contribution in [2.45, 2.75) is 24.0 Å². The zero-order valence-corrected chi connectivity index (χ0v) is 11.5. The predicted octanol–water partition coefficient (Wildman–Crippen LogP) is 3.63. The Morgan fingerprint density at radius 3 is 2.53 bits per heavy atom. The fraction of sp³-hybridized carbons (Fsp3) is 0.200. The highest BCUT2D eigenvalue weighted by Crippen LogP contribution is 2.23.